The van der Waals surface area contributed by atoms with Gasteiger partial charge in [-0.25, -0.2) is 8.42 Å². The molecule has 4 rings (SSSR count). The van der Waals surface area contributed by atoms with E-state index in [2.05, 4.69) is 5.32 Å². The predicted octanol–water partition coefficient (Wildman–Crippen LogP) is 6.63. The number of sulfonamides is 1. The number of likely N-dealkylation sites (N-methyl/N-ethyl adjacent to an activating group) is 1. The maximum absolute atomic E-state index is 14.4. The maximum Gasteiger partial charge on any atom is 0.264 e. The molecule has 4 aromatic rings. The molecule has 0 unspecified atom stereocenters. The number of nitrogens with zero attached hydrogens (tertiary/aromatic N) is 2. The lowest BCUT2D eigenvalue weighted by molar-refractivity contribution is -0.139. The predicted molar refractivity (Wildman–Crippen MR) is 179 cm³/mol. The van der Waals surface area contributed by atoms with Crippen LogP contribution in [0.5, 0.6) is 5.75 Å². The molecule has 0 aliphatic carbocycles. The van der Waals surface area contributed by atoms with Gasteiger partial charge < -0.3 is 15.0 Å². The molecule has 1 atom stereocenters. The quantitative estimate of drug-likeness (QED) is 0.170. The summed E-state index contributed by atoms with van der Waals surface area (Å²) >= 11 is 19.1. The minimum atomic E-state index is -4.29. The lowest BCUT2D eigenvalue weighted by Crippen LogP contribution is -2.53. The van der Waals surface area contributed by atoms with Gasteiger partial charge in [0.25, 0.3) is 10.0 Å². The Hall–Kier alpha value is -3.76. The number of amides is 2. The molecule has 12 heteroatoms. The molecular formula is C33H32Cl3N3O5S. The fourth-order valence-corrected chi connectivity index (χ4v) is 6.77. The third kappa shape index (κ3) is 8.49. The first-order chi connectivity index (χ1) is 21.5. The van der Waals surface area contributed by atoms with Crippen LogP contribution in [0.1, 0.15) is 18.1 Å². The van der Waals surface area contributed by atoms with Gasteiger partial charge in [-0.05, 0) is 73.2 Å². The lowest BCUT2D eigenvalue weighted by atomic mass is 10.0. The van der Waals surface area contributed by atoms with Crippen LogP contribution in [0.2, 0.25) is 15.1 Å². The Balaban J connectivity index is 1.81. The molecule has 4 aromatic carbocycles. The number of ether oxygens (including phenoxy) is 1. The highest BCUT2D eigenvalue weighted by Gasteiger charge is 2.35. The SMILES string of the molecule is CCOc1ccc(N(CC(=O)N(Cc2c(Cl)cccc2Cl)[C@@H](Cc2ccccc2)C(=O)NC)S(=O)(=O)c2ccc(Cl)cc2)cc1. The normalized spacial score (nSPS) is 11.8. The largest absolute Gasteiger partial charge is 0.494 e. The van der Waals surface area contributed by atoms with Gasteiger partial charge >= 0.3 is 0 Å². The van der Waals surface area contributed by atoms with Crippen molar-refractivity contribution >= 4 is 62.3 Å². The highest BCUT2D eigenvalue weighted by Crippen LogP contribution is 2.30. The number of nitrogens with one attached hydrogen (secondary N) is 1. The fraction of sp³-hybridized carbons (Fsp3) is 0.212. The number of hydrogen-bond donors (Lipinski definition) is 1. The van der Waals surface area contributed by atoms with Gasteiger partial charge in [-0.15, -0.1) is 0 Å². The van der Waals surface area contributed by atoms with Gasteiger partial charge in [-0.3, -0.25) is 13.9 Å². The smallest absolute Gasteiger partial charge is 0.264 e. The van der Waals surface area contributed by atoms with Crippen LogP contribution in [0.15, 0.2) is 102 Å². The molecule has 0 aliphatic rings. The van der Waals surface area contributed by atoms with E-state index in [1.165, 1.54) is 36.2 Å². The van der Waals surface area contributed by atoms with Crippen LogP contribution in [0, 0.1) is 0 Å². The summed E-state index contributed by atoms with van der Waals surface area (Å²) in [6, 6.07) is 25.1. The monoisotopic (exact) mass is 687 g/mol. The summed E-state index contributed by atoms with van der Waals surface area (Å²) in [5.41, 5.74) is 1.44. The van der Waals surface area contributed by atoms with Crippen molar-refractivity contribution in [1.29, 1.82) is 0 Å². The number of rotatable bonds is 13. The van der Waals surface area contributed by atoms with Crippen molar-refractivity contribution in [2.24, 2.45) is 0 Å². The van der Waals surface area contributed by atoms with E-state index < -0.39 is 34.4 Å². The van der Waals surface area contributed by atoms with E-state index in [-0.39, 0.29) is 23.5 Å². The summed E-state index contributed by atoms with van der Waals surface area (Å²) in [4.78, 5) is 29.1. The number of halogens is 3. The summed E-state index contributed by atoms with van der Waals surface area (Å²) in [5.74, 6) is -0.556. The number of carbonyl (C=O) groups is 2. The molecule has 45 heavy (non-hydrogen) atoms. The van der Waals surface area contributed by atoms with Crippen LogP contribution in [-0.2, 0) is 32.6 Å². The van der Waals surface area contributed by atoms with Crippen molar-refractivity contribution in [1.82, 2.24) is 10.2 Å². The van der Waals surface area contributed by atoms with E-state index in [1.54, 1.807) is 42.5 Å². The molecule has 0 spiro atoms. The lowest BCUT2D eigenvalue weighted by Gasteiger charge is -2.34. The molecule has 0 radical (unpaired) electrons. The van der Waals surface area contributed by atoms with Crippen molar-refractivity contribution in [3.63, 3.8) is 0 Å². The van der Waals surface area contributed by atoms with Gasteiger partial charge in [0.1, 0.15) is 18.3 Å². The number of hydrogen-bond acceptors (Lipinski definition) is 5. The minimum absolute atomic E-state index is 0.0681. The van der Waals surface area contributed by atoms with Crippen molar-refractivity contribution in [3.05, 3.63) is 123 Å². The van der Waals surface area contributed by atoms with E-state index in [0.29, 0.717) is 33.0 Å². The Morgan fingerprint density at radius 3 is 2.04 bits per heavy atom. The molecule has 0 heterocycles. The van der Waals surface area contributed by atoms with Gasteiger partial charge in [0.15, 0.2) is 0 Å². The van der Waals surface area contributed by atoms with Crippen LogP contribution >= 0.6 is 34.8 Å². The molecule has 0 saturated heterocycles. The molecule has 1 N–H and O–H groups in total. The summed E-state index contributed by atoms with van der Waals surface area (Å²) in [6.07, 6.45) is 0.154. The van der Waals surface area contributed by atoms with Gasteiger partial charge in [0, 0.05) is 40.6 Å². The molecule has 0 bridgehead atoms. The second kappa shape index (κ2) is 15.5. The Labute approximate surface area is 278 Å². The fourth-order valence-electron chi connectivity index (χ4n) is 4.71. The van der Waals surface area contributed by atoms with E-state index in [0.717, 1.165) is 9.87 Å². The third-order valence-electron chi connectivity index (χ3n) is 7.02. The first-order valence-electron chi connectivity index (χ1n) is 14.0. The highest BCUT2D eigenvalue weighted by atomic mass is 35.5. The number of benzene rings is 4. The van der Waals surface area contributed by atoms with Crippen molar-refractivity contribution in [2.75, 3.05) is 24.5 Å². The summed E-state index contributed by atoms with van der Waals surface area (Å²) in [7, 11) is -2.82. The Morgan fingerprint density at radius 1 is 0.844 bits per heavy atom. The Kier molecular flexibility index (Phi) is 11.7. The average molecular weight is 689 g/mol. The first kappa shape index (κ1) is 34.1. The molecule has 0 fully saturated rings. The molecule has 0 saturated carbocycles. The van der Waals surface area contributed by atoms with Crippen LogP contribution < -0.4 is 14.4 Å². The van der Waals surface area contributed by atoms with Gasteiger partial charge in [-0.1, -0.05) is 71.2 Å². The second-order valence-electron chi connectivity index (χ2n) is 9.93. The minimum Gasteiger partial charge on any atom is -0.494 e. The summed E-state index contributed by atoms with van der Waals surface area (Å²) in [5, 5.41) is 3.60. The van der Waals surface area contributed by atoms with E-state index in [1.807, 2.05) is 37.3 Å². The zero-order valence-electron chi connectivity index (χ0n) is 24.6. The maximum atomic E-state index is 14.4. The average Bonchev–Trinajstić information content (AvgIpc) is 3.03. The molecule has 236 valence electrons. The molecule has 0 aliphatic heterocycles. The standard InChI is InChI=1S/C33H32Cl3N3O5S/c1-3-44-26-16-14-25(15-17-26)39(45(42,43)27-18-12-24(34)13-19-27)22-32(40)38(21-28-29(35)10-7-11-30(28)36)31(33(41)37-2)20-23-8-5-4-6-9-23/h4-19,31H,3,20-22H2,1-2H3,(H,37,41)/t31-/m0/s1. The highest BCUT2D eigenvalue weighted by molar-refractivity contribution is 7.92. The van der Waals surface area contributed by atoms with Gasteiger partial charge in [-0.2, -0.15) is 0 Å². The summed E-state index contributed by atoms with van der Waals surface area (Å²) < 4.78 is 34.7. The third-order valence-corrected chi connectivity index (χ3v) is 9.77. The van der Waals surface area contributed by atoms with E-state index in [4.69, 9.17) is 39.5 Å². The summed E-state index contributed by atoms with van der Waals surface area (Å²) in [6.45, 7) is 1.47. The molecule has 8 nitrogen and oxygen atoms in total. The Bertz CT molecular complexity index is 1700. The van der Waals surface area contributed by atoms with Crippen LogP contribution in [0.4, 0.5) is 5.69 Å². The van der Waals surface area contributed by atoms with Gasteiger partial charge in [0.2, 0.25) is 11.8 Å². The molecular weight excluding hydrogens is 657 g/mol. The zero-order chi connectivity index (χ0) is 32.6. The van der Waals surface area contributed by atoms with Crippen LogP contribution in [-0.4, -0.2) is 51.4 Å². The molecule has 0 aromatic heterocycles. The van der Waals surface area contributed by atoms with Crippen LogP contribution in [0.3, 0.4) is 0 Å². The number of anilines is 1. The van der Waals surface area contributed by atoms with Gasteiger partial charge in [0.05, 0.1) is 17.2 Å². The van der Waals surface area contributed by atoms with E-state index >= 15 is 0 Å². The van der Waals surface area contributed by atoms with E-state index in [9.17, 15) is 18.0 Å². The van der Waals surface area contributed by atoms with Crippen molar-refractivity contribution in [2.45, 2.75) is 30.8 Å². The number of carbonyl (C=O) groups excluding carboxylic acids is 2. The molecule has 2 amide bonds. The Morgan fingerprint density at radius 2 is 1.47 bits per heavy atom. The van der Waals surface area contributed by atoms with Crippen LogP contribution in [0.25, 0.3) is 0 Å². The zero-order valence-corrected chi connectivity index (χ0v) is 27.7. The van der Waals surface area contributed by atoms with Crippen molar-refractivity contribution < 1.29 is 22.7 Å². The topological polar surface area (TPSA) is 96.0 Å². The second-order valence-corrected chi connectivity index (χ2v) is 13.0. The first-order valence-corrected chi connectivity index (χ1v) is 16.6. The van der Waals surface area contributed by atoms with Crippen molar-refractivity contribution in [3.8, 4) is 5.75 Å².